The third-order valence-electron chi connectivity index (χ3n) is 1.21. The Kier molecular flexibility index (Phi) is 19.5. The molecule has 5 nitrogen and oxygen atoms in total. The minimum Gasteiger partial charge on any atom is -0.469 e. The van der Waals surface area contributed by atoms with Crippen LogP contribution in [0.3, 0.4) is 0 Å². The molecule has 0 aromatic carbocycles. The summed E-state index contributed by atoms with van der Waals surface area (Å²) >= 11 is 0. The van der Waals surface area contributed by atoms with E-state index in [-0.39, 0.29) is 18.4 Å². The molecule has 0 aliphatic rings. The van der Waals surface area contributed by atoms with Gasteiger partial charge in [-0.05, 0) is 6.42 Å². The van der Waals surface area contributed by atoms with Crippen LogP contribution in [0, 0.1) is 0 Å². The molecule has 2 amide bonds. The van der Waals surface area contributed by atoms with E-state index >= 15 is 0 Å². The van der Waals surface area contributed by atoms with Crippen LogP contribution in [0.2, 0.25) is 0 Å². The predicted molar refractivity (Wildman–Crippen MR) is 57.2 cm³/mol. The number of carbonyl (C=O) groups is 2. The summed E-state index contributed by atoms with van der Waals surface area (Å²) in [5.41, 5.74) is 8.50. The van der Waals surface area contributed by atoms with Gasteiger partial charge in [0.2, 0.25) is 0 Å². The predicted octanol–water partition coefficient (Wildman–Crippen LogP) is 1.19. The van der Waals surface area contributed by atoms with E-state index in [2.05, 4.69) is 23.1 Å². The molecule has 0 heterocycles. The molecular weight excluding hydrogens is 208 g/mol. The van der Waals surface area contributed by atoms with Gasteiger partial charge in [-0.1, -0.05) is 19.8 Å². The van der Waals surface area contributed by atoms with Gasteiger partial charge in [0.05, 0.1) is 7.11 Å². The van der Waals surface area contributed by atoms with Crippen molar-refractivity contribution in [2.24, 2.45) is 11.5 Å². The third kappa shape index (κ3) is 30.5. The number of halogens is 1. The number of hydrogen-bond acceptors (Lipinski definition) is 3. The minimum atomic E-state index is -0.833. The van der Waals surface area contributed by atoms with Crippen molar-refractivity contribution in [3.8, 4) is 0 Å². The number of hydrogen-bond donors (Lipinski definition) is 2. The number of unbranched alkanes of at least 4 members (excludes halogenated alkanes) is 2. The van der Waals surface area contributed by atoms with Gasteiger partial charge in [0.25, 0.3) is 0 Å². The Balaban J connectivity index is -0.000000209. The molecule has 0 saturated carbocycles. The number of nitrogens with two attached hydrogens (primary N) is 2. The fourth-order valence-electron chi connectivity index (χ4n) is 0.621. The standard InChI is InChI=1S/C7H14O2.CH4N2O.ClH/c1-3-4-5-6-7(8)9-2;2-1(3)4;/h3-6H2,1-2H3;(H4,2,3,4);1H. The van der Waals surface area contributed by atoms with Crippen molar-refractivity contribution in [3.05, 3.63) is 0 Å². The van der Waals surface area contributed by atoms with Gasteiger partial charge in [-0.25, -0.2) is 4.79 Å². The highest BCUT2D eigenvalue weighted by atomic mass is 35.5. The molecule has 0 spiro atoms. The van der Waals surface area contributed by atoms with Gasteiger partial charge in [-0.3, -0.25) is 4.79 Å². The van der Waals surface area contributed by atoms with Crippen LogP contribution in [0.5, 0.6) is 0 Å². The van der Waals surface area contributed by atoms with E-state index in [1.54, 1.807) is 0 Å². The molecule has 0 atom stereocenters. The molecule has 0 aromatic heterocycles. The van der Waals surface area contributed by atoms with Crippen LogP contribution in [0.1, 0.15) is 32.6 Å². The third-order valence-corrected chi connectivity index (χ3v) is 1.21. The number of rotatable bonds is 4. The SMILES string of the molecule is CCCCCC(=O)OC.Cl.NC(N)=O. The molecule has 0 radical (unpaired) electrons. The molecule has 0 fully saturated rings. The molecule has 4 N–H and O–H groups in total. The highest BCUT2D eigenvalue weighted by Crippen LogP contribution is 1.98. The number of carbonyl (C=O) groups excluding carboxylic acids is 2. The average Bonchev–Trinajstić information content (AvgIpc) is 2.03. The molecule has 0 saturated heterocycles. The van der Waals surface area contributed by atoms with E-state index in [4.69, 9.17) is 4.79 Å². The molecule has 0 aromatic rings. The number of amides is 2. The van der Waals surface area contributed by atoms with Crippen molar-refractivity contribution < 1.29 is 14.3 Å². The molecule has 6 heteroatoms. The van der Waals surface area contributed by atoms with Crippen LogP contribution < -0.4 is 11.5 Å². The van der Waals surface area contributed by atoms with Crippen molar-refractivity contribution in [1.82, 2.24) is 0 Å². The first-order valence-corrected chi connectivity index (χ1v) is 4.16. The molecular formula is C8H19ClN2O3. The lowest BCUT2D eigenvalue weighted by Crippen LogP contribution is -2.18. The zero-order valence-corrected chi connectivity index (χ0v) is 9.43. The van der Waals surface area contributed by atoms with Gasteiger partial charge in [-0.15, -0.1) is 12.4 Å². The number of esters is 1. The number of methoxy groups -OCH3 is 1. The quantitative estimate of drug-likeness (QED) is 0.557. The van der Waals surface area contributed by atoms with E-state index in [0.717, 1.165) is 19.3 Å². The molecule has 0 unspecified atom stereocenters. The number of ether oxygens (including phenoxy) is 1. The Morgan fingerprint density at radius 2 is 1.64 bits per heavy atom. The number of primary amides is 2. The molecule has 0 rings (SSSR count). The van der Waals surface area contributed by atoms with Crippen LogP contribution in [0.15, 0.2) is 0 Å². The molecule has 14 heavy (non-hydrogen) atoms. The van der Waals surface area contributed by atoms with E-state index in [1.807, 2.05) is 0 Å². The fourth-order valence-corrected chi connectivity index (χ4v) is 0.621. The van der Waals surface area contributed by atoms with Crippen molar-refractivity contribution in [2.75, 3.05) is 7.11 Å². The van der Waals surface area contributed by atoms with Gasteiger partial charge in [-0.2, -0.15) is 0 Å². The van der Waals surface area contributed by atoms with Crippen molar-refractivity contribution in [3.63, 3.8) is 0 Å². The molecule has 0 aliphatic carbocycles. The van der Waals surface area contributed by atoms with Crippen molar-refractivity contribution >= 4 is 24.4 Å². The summed E-state index contributed by atoms with van der Waals surface area (Å²) in [5.74, 6) is -0.0940. The van der Waals surface area contributed by atoms with Gasteiger partial charge in [0, 0.05) is 6.42 Å². The van der Waals surface area contributed by atoms with E-state index in [1.165, 1.54) is 7.11 Å². The first-order valence-electron chi connectivity index (χ1n) is 4.16. The fraction of sp³-hybridized carbons (Fsp3) is 0.750. The zero-order chi connectivity index (χ0) is 10.7. The summed E-state index contributed by atoms with van der Waals surface area (Å²) in [6.45, 7) is 2.11. The van der Waals surface area contributed by atoms with Crippen LogP contribution >= 0.6 is 12.4 Å². The number of urea groups is 1. The average molecular weight is 227 g/mol. The van der Waals surface area contributed by atoms with Crippen LogP contribution in [0.25, 0.3) is 0 Å². The summed E-state index contributed by atoms with van der Waals surface area (Å²) in [6, 6.07) is -0.833. The second kappa shape index (κ2) is 14.5. The zero-order valence-electron chi connectivity index (χ0n) is 8.62. The normalized spacial score (nSPS) is 7.57. The Hall–Kier alpha value is -0.970. The lowest BCUT2D eigenvalue weighted by molar-refractivity contribution is -0.140. The Morgan fingerprint density at radius 3 is 1.93 bits per heavy atom. The van der Waals surface area contributed by atoms with E-state index < -0.39 is 6.03 Å². The largest absolute Gasteiger partial charge is 0.469 e. The molecule has 0 bridgehead atoms. The first-order chi connectivity index (χ1) is 6.04. The maximum absolute atomic E-state index is 10.5. The van der Waals surface area contributed by atoms with Gasteiger partial charge in [0.15, 0.2) is 0 Å². The summed E-state index contributed by atoms with van der Waals surface area (Å²) in [4.78, 5) is 19.5. The van der Waals surface area contributed by atoms with Crippen LogP contribution in [-0.4, -0.2) is 19.1 Å². The van der Waals surface area contributed by atoms with Gasteiger partial charge in [0.1, 0.15) is 0 Å². The molecule has 86 valence electrons. The Morgan fingerprint density at radius 1 is 1.21 bits per heavy atom. The highest BCUT2D eigenvalue weighted by Gasteiger charge is 1.96. The second-order valence-electron chi connectivity index (χ2n) is 2.44. The Labute approximate surface area is 90.6 Å². The van der Waals surface area contributed by atoms with Gasteiger partial charge < -0.3 is 16.2 Å². The minimum absolute atomic E-state index is 0. The van der Waals surface area contributed by atoms with Crippen LogP contribution in [-0.2, 0) is 9.53 Å². The monoisotopic (exact) mass is 226 g/mol. The second-order valence-corrected chi connectivity index (χ2v) is 2.44. The van der Waals surface area contributed by atoms with Crippen molar-refractivity contribution in [2.45, 2.75) is 32.6 Å². The summed E-state index contributed by atoms with van der Waals surface area (Å²) < 4.78 is 4.46. The van der Waals surface area contributed by atoms with E-state index in [0.29, 0.717) is 6.42 Å². The van der Waals surface area contributed by atoms with Gasteiger partial charge >= 0.3 is 12.0 Å². The summed E-state index contributed by atoms with van der Waals surface area (Å²) in [5, 5.41) is 0. The smallest absolute Gasteiger partial charge is 0.309 e. The molecule has 0 aliphatic heterocycles. The summed E-state index contributed by atoms with van der Waals surface area (Å²) in [6.07, 6.45) is 3.81. The topological polar surface area (TPSA) is 95.4 Å². The van der Waals surface area contributed by atoms with Crippen molar-refractivity contribution in [1.29, 1.82) is 0 Å². The van der Waals surface area contributed by atoms with Crippen LogP contribution in [0.4, 0.5) is 4.79 Å². The summed E-state index contributed by atoms with van der Waals surface area (Å²) in [7, 11) is 1.42. The maximum atomic E-state index is 10.5. The highest BCUT2D eigenvalue weighted by molar-refractivity contribution is 5.85. The lowest BCUT2D eigenvalue weighted by atomic mass is 10.2. The lowest BCUT2D eigenvalue weighted by Gasteiger charge is -1.95. The first kappa shape index (κ1) is 18.7. The maximum Gasteiger partial charge on any atom is 0.309 e. The Bertz CT molecular complexity index is 150. The van der Waals surface area contributed by atoms with E-state index in [9.17, 15) is 4.79 Å².